The van der Waals surface area contributed by atoms with Gasteiger partial charge in [0.2, 0.25) is 5.91 Å². The number of carbonyl (C=O) groups is 1. The van der Waals surface area contributed by atoms with Crippen molar-refractivity contribution < 1.29 is 4.79 Å². The lowest BCUT2D eigenvalue weighted by Gasteiger charge is -2.19. The van der Waals surface area contributed by atoms with Crippen molar-refractivity contribution in [2.75, 3.05) is 11.1 Å². The summed E-state index contributed by atoms with van der Waals surface area (Å²) < 4.78 is 0. The van der Waals surface area contributed by atoms with Gasteiger partial charge in [-0.25, -0.2) is 0 Å². The largest absolute Gasteiger partial charge is 0.397 e. The Morgan fingerprint density at radius 1 is 1.33 bits per heavy atom. The predicted molar refractivity (Wildman–Crippen MR) is 63.7 cm³/mol. The van der Waals surface area contributed by atoms with E-state index in [4.69, 9.17) is 5.73 Å². The van der Waals surface area contributed by atoms with E-state index in [0.717, 1.165) is 11.3 Å². The van der Waals surface area contributed by atoms with E-state index in [0.29, 0.717) is 5.69 Å². The molecule has 0 saturated heterocycles. The van der Waals surface area contributed by atoms with Crippen LogP contribution in [-0.4, -0.2) is 5.91 Å². The molecule has 0 radical (unpaired) electrons. The highest BCUT2D eigenvalue weighted by Crippen LogP contribution is 2.25. The van der Waals surface area contributed by atoms with E-state index >= 15 is 0 Å². The average molecular weight is 206 g/mol. The summed E-state index contributed by atoms with van der Waals surface area (Å²) in [6, 6.07) is 5.58. The van der Waals surface area contributed by atoms with Gasteiger partial charge in [0.15, 0.2) is 0 Å². The molecular weight excluding hydrogens is 188 g/mol. The van der Waals surface area contributed by atoms with Crippen molar-refractivity contribution in [1.82, 2.24) is 0 Å². The van der Waals surface area contributed by atoms with E-state index in [2.05, 4.69) is 5.32 Å². The van der Waals surface area contributed by atoms with Crippen LogP contribution in [0.25, 0.3) is 0 Å². The summed E-state index contributed by atoms with van der Waals surface area (Å²) in [5.74, 6) is -0.0245. The smallest absolute Gasteiger partial charge is 0.229 e. The van der Waals surface area contributed by atoms with Gasteiger partial charge < -0.3 is 11.1 Å². The molecule has 0 spiro atoms. The number of amides is 1. The molecule has 0 heterocycles. The number of anilines is 2. The zero-order chi connectivity index (χ0) is 11.6. The molecule has 3 heteroatoms. The minimum absolute atomic E-state index is 0.0245. The molecule has 3 N–H and O–H groups in total. The number of nitrogens with one attached hydrogen (secondary N) is 1. The van der Waals surface area contributed by atoms with Gasteiger partial charge in [-0.1, -0.05) is 32.9 Å². The van der Waals surface area contributed by atoms with Crippen LogP contribution < -0.4 is 11.1 Å². The summed E-state index contributed by atoms with van der Waals surface area (Å²) in [7, 11) is 0. The first-order valence-corrected chi connectivity index (χ1v) is 4.99. The molecule has 0 aliphatic rings. The minimum Gasteiger partial charge on any atom is -0.397 e. The highest BCUT2D eigenvalue weighted by Gasteiger charge is 2.22. The number of para-hydroxylation sites is 1. The van der Waals surface area contributed by atoms with Gasteiger partial charge >= 0.3 is 0 Å². The van der Waals surface area contributed by atoms with Crippen LogP contribution in [0.15, 0.2) is 18.2 Å². The first kappa shape index (κ1) is 11.6. The molecule has 0 atom stereocenters. The number of aryl methyl sites for hydroxylation is 1. The fraction of sp³-hybridized carbons (Fsp3) is 0.417. The Morgan fingerprint density at radius 3 is 2.40 bits per heavy atom. The maximum absolute atomic E-state index is 11.8. The maximum atomic E-state index is 11.8. The fourth-order valence-electron chi connectivity index (χ4n) is 1.16. The lowest BCUT2D eigenvalue weighted by molar-refractivity contribution is -0.123. The van der Waals surface area contributed by atoms with Gasteiger partial charge in [-0.2, -0.15) is 0 Å². The summed E-state index contributed by atoms with van der Waals surface area (Å²) in [6.07, 6.45) is 0. The molecular formula is C12H18N2O. The standard InChI is InChI=1S/C12H18N2O/c1-8-6-5-7-9(13)10(8)14-11(15)12(2,3)4/h5-7H,13H2,1-4H3,(H,14,15). The van der Waals surface area contributed by atoms with Crippen molar-refractivity contribution in [3.63, 3.8) is 0 Å². The monoisotopic (exact) mass is 206 g/mol. The van der Waals surface area contributed by atoms with Gasteiger partial charge in [-0.3, -0.25) is 4.79 Å². The lowest BCUT2D eigenvalue weighted by atomic mass is 9.95. The molecule has 1 amide bonds. The second-order valence-electron chi connectivity index (χ2n) is 4.74. The lowest BCUT2D eigenvalue weighted by Crippen LogP contribution is -2.28. The quantitative estimate of drug-likeness (QED) is 0.694. The first-order chi connectivity index (χ1) is 6.82. The highest BCUT2D eigenvalue weighted by molar-refractivity contribution is 5.97. The SMILES string of the molecule is Cc1cccc(N)c1NC(=O)C(C)(C)C. The molecule has 0 aliphatic heterocycles. The van der Waals surface area contributed by atoms with Crippen molar-refractivity contribution in [3.8, 4) is 0 Å². The van der Waals surface area contributed by atoms with E-state index in [1.165, 1.54) is 0 Å². The van der Waals surface area contributed by atoms with Gasteiger partial charge in [-0.05, 0) is 18.6 Å². The van der Waals surface area contributed by atoms with Crippen LogP contribution in [0.1, 0.15) is 26.3 Å². The summed E-state index contributed by atoms with van der Waals surface area (Å²) in [5, 5.41) is 2.85. The van der Waals surface area contributed by atoms with Crippen LogP contribution in [0.5, 0.6) is 0 Å². The van der Waals surface area contributed by atoms with Crippen molar-refractivity contribution in [2.24, 2.45) is 5.41 Å². The van der Waals surface area contributed by atoms with Crippen LogP contribution >= 0.6 is 0 Å². The van der Waals surface area contributed by atoms with E-state index in [-0.39, 0.29) is 5.91 Å². The third-order valence-corrected chi connectivity index (χ3v) is 2.22. The van der Waals surface area contributed by atoms with Crippen molar-refractivity contribution in [1.29, 1.82) is 0 Å². The van der Waals surface area contributed by atoms with Gasteiger partial charge in [0.25, 0.3) is 0 Å². The second-order valence-corrected chi connectivity index (χ2v) is 4.74. The average Bonchev–Trinajstić information content (AvgIpc) is 2.09. The van der Waals surface area contributed by atoms with Gasteiger partial charge in [0.05, 0.1) is 11.4 Å². The van der Waals surface area contributed by atoms with Crippen molar-refractivity contribution >= 4 is 17.3 Å². The molecule has 0 fully saturated rings. The number of rotatable bonds is 1. The molecule has 1 aromatic carbocycles. The predicted octanol–water partition coefficient (Wildman–Crippen LogP) is 2.56. The summed E-state index contributed by atoms with van der Waals surface area (Å²) in [6.45, 7) is 7.54. The van der Waals surface area contributed by atoms with E-state index in [9.17, 15) is 4.79 Å². The maximum Gasteiger partial charge on any atom is 0.229 e. The van der Waals surface area contributed by atoms with Crippen molar-refractivity contribution in [3.05, 3.63) is 23.8 Å². The van der Waals surface area contributed by atoms with Crippen LogP contribution in [0.2, 0.25) is 0 Å². The van der Waals surface area contributed by atoms with Crippen molar-refractivity contribution in [2.45, 2.75) is 27.7 Å². The Kier molecular flexibility index (Phi) is 3.03. The van der Waals surface area contributed by atoms with E-state index < -0.39 is 5.41 Å². The molecule has 3 nitrogen and oxygen atoms in total. The third-order valence-electron chi connectivity index (χ3n) is 2.22. The number of carbonyl (C=O) groups excluding carboxylic acids is 1. The van der Waals surface area contributed by atoms with Gasteiger partial charge in [0, 0.05) is 5.41 Å². The normalized spacial score (nSPS) is 11.2. The Morgan fingerprint density at radius 2 is 1.93 bits per heavy atom. The fourth-order valence-corrected chi connectivity index (χ4v) is 1.16. The molecule has 82 valence electrons. The number of hydrogen-bond donors (Lipinski definition) is 2. The number of nitrogens with two attached hydrogens (primary N) is 1. The van der Waals surface area contributed by atoms with Gasteiger partial charge in [-0.15, -0.1) is 0 Å². The Hall–Kier alpha value is -1.51. The molecule has 0 bridgehead atoms. The second kappa shape index (κ2) is 3.93. The molecule has 0 aliphatic carbocycles. The van der Waals surface area contributed by atoms with Crippen LogP contribution in [0, 0.1) is 12.3 Å². The van der Waals surface area contributed by atoms with E-state index in [1.807, 2.05) is 39.8 Å². The zero-order valence-electron chi connectivity index (χ0n) is 9.72. The van der Waals surface area contributed by atoms with Crippen LogP contribution in [-0.2, 0) is 4.79 Å². The first-order valence-electron chi connectivity index (χ1n) is 4.99. The Labute approximate surface area is 90.7 Å². The molecule has 1 aromatic rings. The van der Waals surface area contributed by atoms with E-state index in [1.54, 1.807) is 6.07 Å². The Bertz CT molecular complexity index is 357. The topological polar surface area (TPSA) is 55.1 Å². The Balaban J connectivity index is 2.95. The number of nitrogen functional groups attached to an aromatic ring is 1. The number of benzene rings is 1. The molecule has 0 unspecified atom stereocenters. The summed E-state index contributed by atoms with van der Waals surface area (Å²) in [5.41, 5.74) is 7.69. The summed E-state index contributed by atoms with van der Waals surface area (Å²) >= 11 is 0. The molecule has 0 saturated carbocycles. The van der Waals surface area contributed by atoms with Crippen LogP contribution in [0.3, 0.4) is 0 Å². The zero-order valence-corrected chi connectivity index (χ0v) is 9.72. The minimum atomic E-state index is -0.408. The molecule has 0 aromatic heterocycles. The summed E-state index contributed by atoms with van der Waals surface area (Å²) in [4.78, 5) is 11.8. The third kappa shape index (κ3) is 2.72. The molecule has 1 rings (SSSR count). The number of hydrogen-bond acceptors (Lipinski definition) is 2. The highest BCUT2D eigenvalue weighted by atomic mass is 16.2. The molecule has 15 heavy (non-hydrogen) atoms. The van der Waals surface area contributed by atoms with Gasteiger partial charge in [0.1, 0.15) is 0 Å². The van der Waals surface area contributed by atoms with Crippen LogP contribution in [0.4, 0.5) is 11.4 Å².